The number of carbonyl (C=O) groups is 2. The van der Waals surface area contributed by atoms with Crippen LogP contribution in [0.5, 0.6) is 11.5 Å². The molecular weight excluding hydrogens is 392 g/mol. The molecule has 3 rings (SSSR count). The van der Waals surface area contributed by atoms with Gasteiger partial charge in [0.25, 0.3) is 0 Å². The molecule has 31 heavy (non-hydrogen) atoms. The van der Waals surface area contributed by atoms with Crippen molar-refractivity contribution >= 4 is 11.9 Å². The van der Waals surface area contributed by atoms with Crippen molar-refractivity contribution in [3.8, 4) is 11.5 Å². The lowest BCUT2D eigenvalue weighted by Gasteiger charge is -2.09. The summed E-state index contributed by atoms with van der Waals surface area (Å²) in [6.45, 7) is 7.91. The molecule has 0 unspecified atom stereocenters. The maximum atomic E-state index is 12.6. The highest BCUT2D eigenvalue weighted by Crippen LogP contribution is 2.59. The summed E-state index contributed by atoms with van der Waals surface area (Å²) in [4.78, 5) is 24.3. The molecule has 0 spiro atoms. The van der Waals surface area contributed by atoms with Crippen LogP contribution in [0.2, 0.25) is 0 Å². The standard InChI is InChI=1S/C26H30O5/c1-18(2)30-23(27)14-13-22-24(26(22,3)4)25(28)29-16-15-19-9-8-12-21(17-19)31-20-10-6-5-7-11-20/h5-14,17-18,22,24H,15-16H2,1-4H3/b14-13-/t22-,24+/m1/s1. The summed E-state index contributed by atoms with van der Waals surface area (Å²) in [5.41, 5.74) is 0.805. The van der Waals surface area contributed by atoms with E-state index in [0.717, 1.165) is 17.1 Å². The maximum Gasteiger partial charge on any atom is 0.330 e. The van der Waals surface area contributed by atoms with E-state index in [1.54, 1.807) is 19.9 Å². The van der Waals surface area contributed by atoms with Crippen LogP contribution in [0.25, 0.3) is 0 Å². The Balaban J connectivity index is 1.48. The van der Waals surface area contributed by atoms with Gasteiger partial charge in [-0.05, 0) is 55.0 Å². The molecule has 0 radical (unpaired) electrons. The molecule has 5 heteroatoms. The highest BCUT2D eigenvalue weighted by molar-refractivity contribution is 5.83. The molecule has 0 saturated heterocycles. The largest absolute Gasteiger partial charge is 0.465 e. The molecule has 1 saturated carbocycles. The van der Waals surface area contributed by atoms with Crippen molar-refractivity contribution in [3.63, 3.8) is 0 Å². The number of benzene rings is 2. The Hall–Kier alpha value is -3.08. The van der Waals surface area contributed by atoms with Crippen LogP contribution in [0.3, 0.4) is 0 Å². The number of ether oxygens (including phenoxy) is 3. The zero-order chi connectivity index (χ0) is 22.4. The van der Waals surface area contributed by atoms with Gasteiger partial charge in [0.1, 0.15) is 11.5 Å². The van der Waals surface area contributed by atoms with Gasteiger partial charge >= 0.3 is 11.9 Å². The minimum absolute atomic E-state index is 0.0256. The van der Waals surface area contributed by atoms with Gasteiger partial charge in [-0.15, -0.1) is 0 Å². The van der Waals surface area contributed by atoms with Gasteiger partial charge in [-0.1, -0.05) is 50.3 Å². The van der Waals surface area contributed by atoms with E-state index in [-0.39, 0.29) is 35.3 Å². The monoisotopic (exact) mass is 422 g/mol. The minimum atomic E-state index is -0.387. The first-order valence-corrected chi connectivity index (χ1v) is 10.6. The summed E-state index contributed by atoms with van der Waals surface area (Å²) < 4.78 is 16.5. The fourth-order valence-corrected chi connectivity index (χ4v) is 3.69. The second-order valence-corrected chi connectivity index (χ2v) is 8.65. The lowest BCUT2D eigenvalue weighted by molar-refractivity contribution is -0.146. The molecule has 2 aromatic carbocycles. The topological polar surface area (TPSA) is 61.8 Å². The first-order chi connectivity index (χ1) is 14.8. The van der Waals surface area contributed by atoms with Crippen LogP contribution < -0.4 is 4.74 Å². The first kappa shape index (κ1) is 22.6. The van der Waals surface area contributed by atoms with E-state index in [4.69, 9.17) is 14.2 Å². The Morgan fingerprint density at radius 2 is 1.74 bits per heavy atom. The molecule has 0 amide bonds. The average molecular weight is 423 g/mol. The number of hydrogen-bond acceptors (Lipinski definition) is 5. The van der Waals surface area contributed by atoms with Crippen molar-refractivity contribution in [1.29, 1.82) is 0 Å². The molecule has 0 aromatic heterocycles. The van der Waals surface area contributed by atoms with E-state index in [1.807, 2.05) is 68.4 Å². The number of allylic oxidation sites excluding steroid dienone is 1. The molecule has 2 atom stereocenters. The molecule has 5 nitrogen and oxygen atoms in total. The molecule has 1 fully saturated rings. The van der Waals surface area contributed by atoms with Gasteiger partial charge < -0.3 is 14.2 Å². The van der Waals surface area contributed by atoms with Crippen molar-refractivity contribution in [2.24, 2.45) is 17.3 Å². The van der Waals surface area contributed by atoms with Crippen LogP contribution in [-0.2, 0) is 25.5 Å². The lowest BCUT2D eigenvalue weighted by atomic mass is 10.1. The number of carbonyl (C=O) groups excluding carboxylic acids is 2. The van der Waals surface area contributed by atoms with Gasteiger partial charge in [-0.3, -0.25) is 4.79 Å². The number of hydrogen-bond donors (Lipinski definition) is 0. The zero-order valence-electron chi connectivity index (χ0n) is 18.5. The van der Waals surface area contributed by atoms with Gasteiger partial charge in [-0.25, -0.2) is 4.79 Å². The molecule has 0 N–H and O–H groups in total. The zero-order valence-corrected chi connectivity index (χ0v) is 18.5. The fraction of sp³-hybridized carbons (Fsp3) is 0.385. The molecule has 1 aliphatic carbocycles. The molecule has 0 aliphatic heterocycles. The molecule has 0 heterocycles. The van der Waals surface area contributed by atoms with E-state index in [0.29, 0.717) is 13.0 Å². The number of rotatable bonds is 9. The highest BCUT2D eigenvalue weighted by atomic mass is 16.5. The number of esters is 2. The number of para-hydroxylation sites is 1. The Bertz CT molecular complexity index is 930. The molecule has 1 aliphatic rings. The van der Waals surface area contributed by atoms with Crippen LogP contribution in [0.4, 0.5) is 0 Å². The van der Waals surface area contributed by atoms with Crippen molar-refractivity contribution in [2.75, 3.05) is 6.61 Å². The van der Waals surface area contributed by atoms with Crippen molar-refractivity contribution in [3.05, 3.63) is 72.3 Å². The van der Waals surface area contributed by atoms with E-state index in [2.05, 4.69) is 0 Å². The third-order valence-corrected chi connectivity index (χ3v) is 5.47. The summed E-state index contributed by atoms with van der Waals surface area (Å²) in [6.07, 6.45) is 3.62. The Morgan fingerprint density at radius 1 is 1.03 bits per heavy atom. The van der Waals surface area contributed by atoms with Crippen LogP contribution >= 0.6 is 0 Å². The smallest absolute Gasteiger partial charge is 0.330 e. The van der Waals surface area contributed by atoms with Gasteiger partial charge in [0.05, 0.1) is 18.6 Å². The SMILES string of the molecule is CC(C)OC(=O)/C=C\[C@@H]1[C@@H](C(=O)OCCc2cccc(Oc3ccccc3)c2)C1(C)C. The second kappa shape index (κ2) is 9.82. The third-order valence-electron chi connectivity index (χ3n) is 5.47. The van der Waals surface area contributed by atoms with Gasteiger partial charge in [-0.2, -0.15) is 0 Å². The van der Waals surface area contributed by atoms with Crippen molar-refractivity contribution in [2.45, 2.75) is 40.2 Å². The maximum absolute atomic E-state index is 12.6. The Kier molecular flexibility index (Phi) is 7.16. The quantitative estimate of drug-likeness (QED) is 0.403. The summed E-state index contributed by atoms with van der Waals surface area (Å²) in [5, 5.41) is 0. The van der Waals surface area contributed by atoms with E-state index in [9.17, 15) is 9.59 Å². The predicted octanol–water partition coefficient (Wildman–Crippen LogP) is 5.34. The van der Waals surface area contributed by atoms with Gasteiger partial charge in [0, 0.05) is 12.5 Å². The summed E-state index contributed by atoms with van der Waals surface area (Å²) in [6, 6.07) is 17.4. The van der Waals surface area contributed by atoms with Crippen LogP contribution in [0.1, 0.15) is 33.3 Å². The minimum Gasteiger partial charge on any atom is -0.465 e. The fourth-order valence-electron chi connectivity index (χ4n) is 3.69. The summed E-state index contributed by atoms with van der Waals surface area (Å²) >= 11 is 0. The van der Waals surface area contributed by atoms with Crippen molar-refractivity contribution < 1.29 is 23.8 Å². The second-order valence-electron chi connectivity index (χ2n) is 8.65. The average Bonchev–Trinajstić information content (AvgIpc) is 3.27. The van der Waals surface area contributed by atoms with Crippen LogP contribution in [0, 0.1) is 17.3 Å². The van der Waals surface area contributed by atoms with E-state index < -0.39 is 0 Å². The van der Waals surface area contributed by atoms with E-state index in [1.165, 1.54) is 6.08 Å². The van der Waals surface area contributed by atoms with Gasteiger partial charge in [0.2, 0.25) is 0 Å². The normalized spacial score (nSPS) is 19.3. The summed E-state index contributed by atoms with van der Waals surface area (Å²) in [7, 11) is 0. The van der Waals surface area contributed by atoms with Gasteiger partial charge in [0.15, 0.2) is 0 Å². The summed E-state index contributed by atoms with van der Waals surface area (Å²) in [5.74, 6) is 0.636. The Morgan fingerprint density at radius 3 is 2.45 bits per heavy atom. The highest BCUT2D eigenvalue weighted by Gasteiger charge is 2.61. The first-order valence-electron chi connectivity index (χ1n) is 10.6. The lowest BCUT2D eigenvalue weighted by Crippen LogP contribution is -2.13. The molecule has 2 aromatic rings. The Labute approximate surface area is 184 Å². The third kappa shape index (κ3) is 6.20. The predicted molar refractivity (Wildman–Crippen MR) is 119 cm³/mol. The molecular formula is C26H30O5. The van der Waals surface area contributed by atoms with Crippen LogP contribution in [-0.4, -0.2) is 24.6 Å². The van der Waals surface area contributed by atoms with E-state index >= 15 is 0 Å². The van der Waals surface area contributed by atoms with Crippen molar-refractivity contribution in [1.82, 2.24) is 0 Å². The van der Waals surface area contributed by atoms with Crippen LogP contribution in [0.15, 0.2) is 66.7 Å². The molecule has 164 valence electrons. The molecule has 0 bridgehead atoms.